The molecule has 1 unspecified atom stereocenters. The van der Waals surface area contributed by atoms with Gasteiger partial charge in [-0.2, -0.15) is 31.3 Å². The number of benzene rings is 1. The molecule has 0 bridgehead atoms. The minimum Gasteiger partial charge on any atom is -0.410 e. The van der Waals surface area contributed by atoms with Crippen molar-refractivity contribution in [3.63, 3.8) is 0 Å². The molecule has 2 aromatic rings. The van der Waals surface area contributed by atoms with Crippen LogP contribution in [0.25, 0.3) is 0 Å². The molecule has 1 heterocycles. The summed E-state index contributed by atoms with van der Waals surface area (Å²) in [7, 11) is 0. The minimum atomic E-state index is -5.16. The maximum atomic E-state index is 13.1. The number of carbonyl (C=O) groups is 2. The zero-order chi connectivity index (χ0) is 27.1. The molecule has 1 atom stereocenters. The van der Waals surface area contributed by atoms with Crippen LogP contribution in [0.1, 0.15) is 28.4 Å². The number of amides is 2. The van der Waals surface area contributed by atoms with Gasteiger partial charge in [-0.05, 0) is 31.2 Å². The van der Waals surface area contributed by atoms with Crippen LogP contribution in [0.5, 0.6) is 0 Å². The van der Waals surface area contributed by atoms with Gasteiger partial charge in [-0.3, -0.25) is 9.59 Å². The van der Waals surface area contributed by atoms with Gasteiger partial charge in [0.25, 0.3) is 17.8 Å². The number of hydrogen-bond donors (Lipinski definition) is 4. The van der Waals surface area contributed by atoms with Gasteiger partial charge < -0.3 is 21.6 Å². The summed E-state index contributed by atoms with van der Waals surface area (Å²) < 4.78 is 78.7. The Bertz CT molecular complexity index is 1160. The first-order valence-electron chi connectivity index (χ1n) is 9.49. The van der Waals surface area contributed by atoms with E-state index in [-0.39, 0.29) is 24.1 Å². The fraction of sp³-hybridized carbons (Fsp3) is 0.211. The number of amidine groups is 2. The zero-order valence-corrected chi connectivity index (χ0v) is 18.0. The molecule has 2 rings (SSSR count). The second-order valence-electron chi connectivity index (χ2n) is 6.72. The summed E-state index contributed by atoms with van der Waals surface area (Å²) in [6, 6.07) is 0.471. The number of aliphatic imine (C=N–C) groups is 2. The third-order valence-corrected chi connectivity index (χ3v) is 4.07. The predicted octanol–water partition coefficient (Wildman–Crippen LogP) is 2.25. The maximum Gasteiger partial charge on any atom is 0.416 e. The van der Waals surface area contributed by atoms with Crippen LogP contribution in [0, 0.1) is 0 Å². The van der Waals surface area contributed by atoms with Gasteiger partial charge in [0.2, 0.25) is 0 Å². The van der Waals surface area contributed by atoms with Crippen LogP contribution in [-0.2, 0) is 17.1 Å². The van der Waals surface area contributed by atoms with E-state index in [9.17, 15) is 35.9 Å². The number of alkyl halides is 6. The lowest BCUT2D eigenvalue weighted by Gasteiger charge is -2.17. The monoisotopic (exact) mass is 518 g/mol. The molecule has 0 fully saturated rings. The van der Waals surface area contributed by atoms with Crippen molar-refractivity contribution in [3.05, 3.63) is 53.3 Å². The summed E-state index contributed by atoms with van der Waals surface area (Å²) in [5.41, 5.74) is 1.21. The van der Waals surface area contributed by atoms with E-state index in [0.717, 1.165) is 0 Å². The van der Waals surface area contributed by atoms with Gasteiger partial charge in [0.15, 0.2) is 11.7 Å². The van der Waals surface area contributed by atoms with Crippen molar-refractivity contribution in [1.29, 1.82) is 0 Å². The normalized spacial score (nSPS) is 14.0. The van der Waals surface area contributed by atoms with E-state index in [4.69, 9.17) is 10.9 Å². The highest BCUT2D eigenvalue weighted by molar-refractivity contribution is 6.40. The van der Waals surface area contributed by atoms with Crippen molar-refractivity contribution in [2.75, 3.05) is 0 Å². The molecule has 0 aliphatic carbocycles. The average Bonchev–Trinajstić information content (AvgIpc) is 2.81. The van der Waals surface area contributed by atoms with Gasteiger partial charge in [0, 0.05) is 18.0 Å². The van der Waals surface area contributed by atoms with Gasteiger partial charge >= 0.3 is 12.4 Å². The van der Waals surface area contributed by atoms with Crippen LogP contribution < -0.4 is 16.4 Å². The molecule has 5 N–H and O–H groups in total. The van der Waals surface area contributed by atoms with E-state index in [2.05, 4.69) is 30.4 Å². The van der Waals surface area contributed by atoms with Crippen LogP contribution in [0.2, 0.25) is 0 Å². The number of carbonyl (C=O) groups excluding carboxylic acids is 2. The van der Waals surface area contributed by atoms with Crippen molar-refractivity contribution in [2.24, 2.45) is 20.9 Å². The van der Waals surface area contributed by atoms with Crippen molar-refractivity contribution < 1.29 is 41.1 Å². The molecule has 0 aliphatic rings. The summed E-state index contributed by atoms with van der Waals surface area (Å²) in [5, 5.41) is 14.9. The summed E-state index contributed by atoms with van der Waals surface area (Å²) >= 11 is 0. The number of hydrogen-bond acceptors (Lipinski definition) is 7. The van der Waals surface area contributed by atoms with Crippen LogP contribution in [0.4, 0.5) is 32.3 Å². The smallest absolute Gasteiger partial charge is 0.410 e. The Morgan fingerprint density at radius 1 is 1.06 bits per heavy atom. The van der Waals surface area contributed by atoms with E-state index >= 15 is 0 Å². The third-order valence-electron chi connectivity index (χ3n) is 4.07. The highest BCUT2D eigenvalue weighted by atomic mass is 19.4. The summed E-state index contributed by atoms with van der Waals surface area (Å²) in [4.78, 5) is 39.7. The number of oxime groups is 1. The number of rotatable bonds is 5. The SMILES string of the molecule is CC(NC(=O)c1cc(C(F)(F)F)cc(C(F)(F)F)c1)C(N=C(N)C(=O)NC=NO)=Nc1ncccn1. The molecule has 0 aliphatic heterocycles. The number of nitrogens with zero attached hydrogens (tertiary/aromatic N) is 5. The Hall–Kier alpha value is -4.57. The molecule has 36 heavy (non-hydrogen) atoms. The Kier molecular flexibility index (Phi) is 8.64. The minimum absolute atomic E-state index is 0.126. The molecule has 1 aromatic carbocycles. The lowest BCUT2D eigenvalue weighted by Crippen LogP contribution is -2.41. The lowest BCUT2D eigenvalue weighted by atomic mass is 10.0. The van der Waals surface area contributed by atoms with Gasteiger partial charge in [-0.25, -0.2) is 15.0 Å². The summed E-state index contributed by atoms with van der Waals surface area (Å²) in [5.74, 6) is -3.83. The Morgan fingerprint density at radius 3 is 2.11 bits per heavy atom. The van der Waals surface area contributed by atoms with Crippen LogP contribution in [0.15, 0.2) is 51.8 Å². The quantitative estimate of drug-likeness (QED) is 0.156. The molecule has 192 valence electrons. The van der Waals surface area contributed by atoms with E-state index in [1.54, 1.807) is 0 Å². The lowest BCUT2D eigenvalue weighted by molar-refractivity contribution is -0.143. The third kappa shape index (κ3) is 7.74. The molecule has 0 saturated heterocycles. The number of aromatic nitrogens is 2. The second-order valence-corrected chi connectivity index (χ2v) is 6.72. The molecule has 11 nitrogen and oxygen atoms in total. The van der Waals surface area contributed by atoms with E-state index < -0.39 is 58.6 Å². The fourth-order valence-electron chi connectivity index (χ4n) is 2.44. The van der Waals surface area contributed by atoms with Crippen molar-refractivity contribution in [1.82, 2.24) is 20.6 Å². The van der Waals surface area contributed by atoms with Crippen molar-refractivity contribution >= 4 is 35.8 Å². The summed E-state index contributed by atoms with van der Waals surface area (Å²) in [6.45, 7) is 1.21. The van der Waals surface area contributed by atoms with Crippen molar-refractivity contribution in [3.8, 4) is 0 Å². The van der Waals surface area contributed by atoms with Crippen LogP contribution >= 0.6 is 0 Å². The van der Waals surface area contributed by atoms with E-state index in [1.807, 2.05) is 5.32 Å². The molecule has 0 saturated carbocycles. The predicted molar refractivity (Wildman–Crippen MR) is 113 cm³/mol. The Balaban J connectivity index is 2.45. The van der Waals surface area contributed by atoms with Gasteiger partial charge in [-0.15, -0.1) is 0 Å². The maximum absolute atomic E-state index is 13.1. The average molecular weight is 518 g/mol. The highest BCUT2D eigenvalue weighted by Gasteiger charge is 2.37. The first-order valence-corrected chi connectivity index (χ1v) is 9.49. The van der Waals surface area contributed by atoms with E-state index in [1.165, 1.54) is 25.4 Å². The number of nitrogens with one attached hydrogen (secondary N) is 2. The fourth-order valence-corrected chi connectivity index (χ4v) is 2.44. The largest absolute Gasteiger partial charge is 0.416 e. The standard InChI is InChI=1S/C19H16F6N8O3/c1-9(14(33-17-27-3-2-4-28-17)32-13(26)16(35)29-8-30-36)31-15(34)10-5-11(18(20,21)22)7-12(6-10)19(23,24)25/h2-9,36H,1H3,(H,31,34)(H,29,30,35)(H2,26,27,28,32,33). The van der Waals surface area contributed by atoms with Crippen LogP contribution in [0.3, 0.4) is 0 Å². The molecular formula is C19H16F6N8O3. The number of nitrogens with two attached hydrogens (primary N) is 1. The molecule has 2 amide bonds. The molecular weight excluding hydrogens is 502 g/mol. The van der Waals surface area contributed by atoms with Gasteiger partial charge in [0.05, 0.1) is 17.2 Å². The molecule has 0 spiro atoms. The van der Waals surface area contributed by atoms with E-state index in [0.29, 0.717) is 6.34 Å². The van der Waals surface area contributed by atoms with Gasteiger partial charge in [0.1, 0.15) is 6.34 Å². The van der Waals surface area contributed by atoms with Crippen LogP contribution in [-0.4, -0.2) is 51.0 Å². The highest BCUT2D eigenvalue weighted by Crippen LogP contribution is 2.36. The topological polar surface area (TPSA) is 167 Å². The Labute approximate surface area is 197 Å². The Morgan fingerprint density at radius 2 is 1.61 bits per heavy atom. The van der Waals surface area contributed by atoms with Crippen molar-refractivity contribution in [2.45, 2.75) is 25.3 Å². The molecule has 0 radical (unpaired) electrons. The first kappa shape index (κ1) is 27.7. The second kappa shape index (κ2) is 11.2. The molecule has 17 heteroatoms. The first-order chi connectivity index (χ1) is 16.7. The zero-order valence-electron chi connectivity index (χ0n) is 18.0. The summed E-state index contributed by atoms with van der Waals surface area (Å²) in [6.07, 6.45) is -7.19. The number of halogens is 6. The molecule has 1 aromatic heterocycles. The van der Waals surface area contributed by atoms with Gasteiger partial charge in [-0.1, -0.05) is 5.16 Å².